The number of nitrogens with zero attached hydrogens (tertiary/aromatic N) is 2. The van der Waals surface area contributed by atoms with Gasteiger partial charge in [-0.3, -0.25) is 14.7 Å². The van der Waals surface area contributed by atoms with Crippen molar-refractivity contribution in [3.05, 3.63) is 34.7 Å². The summed E-state index contributed by atoms with van der Waals surface area (Å²) < 4.78 is 10.3. The molecule has 1 amide bonds. The van der Waals surface area contributed by atoms with Gasteiger partial charge in [0.1, 0.15) is 17.4 Å². The van der Waals surface area contributed by atoms with E-state index in [-0.39, 0.29) is 30.2 Å². The topological polar surface area (TPSA) is 161 Å². The van der Waals surface area contributed by atoms with Crippen LogP contribution in [0.15, 0.2) is 38.5 Å². The van der Waals surface area contributed by atoms with Gasteiger partial charge in [0.25, 0.3) is 0 Å². The van der Waals surface area contributed by atoms with Crippen molar-refractivity contribution in [2.45, 2.75) is 25.8 Å². The molecule has 10 heteroatoms. The van der Waals surface area contributed by atoms with Gasteiger partial charge in [-0.25, -0.2) is 9.59 Å². The number of carboxylic acids is 1. The zero-order chi connectivity index (χ0) is 20.8. The number of benzene rings is 1. The van der Waals surface area contributed by atoms with Crippen molar-refractivity contribution in [2.75, 3.05) is 18.6 Å². The quantitative estimate of drug-likeness (QED) is 0.256. The lowest BCUT2D eigenvalue weighted by molar-refractivity contribution is -0.140. The lowest BCUT2D eigenvalue weighted by Crippen LogP contribution is -2.45. The van der Waals surface area contributed by atoms with Gasteiger partial charge >= 0.3 is 11.6 Å². The van der Waals surface area contributed by atoms with Gasteiger partial charge in [0, 0.05) is 31.0 Å². The number of nitrogens with two attached hydrogens (primary N) is 2. The second-order valence-electron chi connectivity index (χ2n) is 6.00. The number of aliphatic imine (C=N–C) groups is 1. The first-order chi connectivity index (χ1) is 13.2. The third kappa shape index (κ3) is 4.78. The van der Waals surface area contributed by atoms with Crippen LogP contribution in [0, 0.1) is 0 Å². The lowest BCUT2D eigenvalue weighted by Gasteiger charge is -2.28. The van der Waals surface area contributed by atoms with Crippen LogP contribution in [-0.4, -0.2) is 42.6 Å². The Morgan fingerprint density at radius 2 is 2.04 bits per heavy atom. The van der Waals surface area contributed by atoms with Crippen LogP contribution >= 0.6 is 0 Å². The second-order valence-corrected chi connectivity index (χ2v) is 6.00. The van der Waals surface area contributed by atoms with Crippen LogP contribution in [0.2, 0.25) is 0 Å². The molecule has 0 spiro atoms. The number of fused-ring (bicyclic) bond motifs is 1. The highest BCUT2D eigenvalue weighted by molar-refractivity contribution is 6.04. The zero-order valence-corrected chi connectivity index (χ0v) is 15.5. The van der Waals surface area contributed by atoms with Crippen molar-refractivity contribution in [1.82, 2.24) is 0 Å². The number of guanidine groups is 1. The number of aliphatic carboxylic acids is 1. The minimum absolute atomic E-state index is 0.0869. The molecule has 150 valence electrons. The Bertz CT molecular complexity index is 964. The fraction of sp³-hybridized carbons (Fsp3) is 0.333. The third-order valence-electron chi connectivity index (χ3n) is 4.06. The van der Waals surface area contributed by atoms with Crippen molar-refractivity contribution >= 4 is 34.5 Å². The predicted molar refractivity (Wildman–Crippen MR) is 104 cm³/mol. The summed E-state index contributed by atoms with van der Waals surface area (Å²) in [6, 6.07) is 4.60. The monoisotopic (exact) mass is 390 g/mol. The molecule has 10 nitrogen and oxygen atoms in total. The van der Waals surface area contributed by atoms with E-state index in [4.69, 9.17) is 20.6 Å². The molecule has 0 aliphatic carbocycles. The average Bonchev–Trinajstić information content (AvgIpc) is 2.62. The molecule has 0 saturated heterocycles. The molecule has 2 aromatic rings. The number of carbonyl (C=O) groups excluding carboxylic acids is 1. The van der Waals surface area contributed by atoms with E-state index in [2.05, 4.69) is 4.99 Å². The molecule has 1 aromatic carbocycles. The van der Waals surface area contributed by atoms with Gasteiger partial charge in [-0.05, 0) is 25.0 Å². The van der Waals surface area contributed by atoms with Crippen molar-refractivity contribution in [2.24, 2.45) is 16.5 Å². The molecule has 0 aliphatic rings. The Balaban J connectivity index is 2.51. The van der Waals surface area contributed by atoms with Crippen molar-refractivity contribution in [3.8, 4) is 5.75 Å². The van der Waals surface area contributed by atoms with Gasteiger partial charge in [-0.2, -0.15) is 0 Å². The maximum Gasteiger partial charge on any atom is 0.338 e. The predicted octanol–water partition coefficient (Wildman–Crippen LogP) is 0.661. The summed E-state index contributed by atoms with van der Waals surface area (Å²) in [5.41, 5.74) is 10.1. The fourth-order valence-corrected chi connectivity index (χ4v) is 2.86. The van der Waals surface area contributed by atoms with Gasteiger partial charge in [0.2, 0.25) is 5.91 Å². The first kappa shape index (κ1) is 20.7. The van der Waals surface area contributed by atoms with E-state index in [9.17, 15) is 19.5 Å². The van der Waals surface area contributed by atoms with Crippen LogP contribution in [0.5, 0.6) is 5.75 Å². The maximum atomic E-state index is 12.3. The molecule has 0 radical (unpaired) electrons. The Morgan fingerprint density at radius 1 is 1.32 bits per heavy atom. The van der Waals surface area contributed by atoms with E-state index in [1.54, 1.807) is 12.1 Å². The molecule has 0 fully saturated rings. The van der Waals surface area contributed by atoms with Gasteiger partial charge < -0.3 is 25.7 Å². The minimum Gasteiger partial charge on any atom is -0.497 e. The van der Waals surface area contributed by atoms with Crippen molar-refractivity contribution in [3.63, 3.8) is 0 Å². The fourth-order valence-electron chi connectivity index (χ4n) is 2.86. The highest BCUT2D eigenvalue weighted by Crippen LogP contribution is 2.30. The minimum atomic E-state index is -1.21. The second kappa shape index (κ2) is 8.89. The molecule has 0 bridgehead atoms. The number of amides is 1. The molecule has 0 unspecified atom stereocenters. The number of hydrogen-bond donors (Lipinski definition) is 3. The third-order valence-corrected chi connectivity index (χ3v) is 4.06. The zero-order valence-electron chi connectivity index (χ0n) is 15.5. The molecule has 1 heterocycles. The molecule has 5 N–H and O–H groups in total. The number of carboxylic acid groups (broad SMARTS) is 1. The Morgan fingerprint density at radius 3 is 2.61 bits per heavy atom. The summed E-state index contributed by atoms with van der Waals surface area (Å²) in [6.07, 6.45) is 0.412. The summed E-state index contributed by atoms with van der Waals surface area (Å²) in [7, 11) is 1.46. The Labute approximate surface area is 160 Å². The molecule has 0 saturated carbocycles. The molecule has 1 atom stereocenters. The van der Waals surface area contributed by atoms with E-state index < -0.39 is 23.5 Å². The first-order valence-corrected chi connectivity index (χ1v) is 8.44. The number of ether oxygens (including phenoxy) is 1. The van der Waals surface area contributed by atoms with Crippen molar-refractivity contribution < 1.29 is 23.8 Å². The van der Waals surface area contributed by atoms with E-state index in [0.717, 1.165) is 11.0 Å². The van der Waals surface area contributed by atoms with Crippen LogP contribution < -0.4 is 26.7 Å². The van der Waals surface area contributed by atoms with Crippen molar-refractivity contribution in [1.29, 1.82) is 0 Å². The van der Waals surface area contributed by atoms with E-state index in [1.165, 1.54) is 20.1 Å². The number of hydrogen-bond acceptors (Lipinski definition) is 6. The van der Waals surface area contributed by atoms with Gasteiger partial charge in [-0.1, -0.05) is 0 Å². The Kier molecular flexibility index (Phi) is 6.59. The Hall–Kier alpha value is -3.56. The van der Waals surface area contributed by atoms with Gasteiger partial charge in [-0.15, -0.1) is 0 Å². The van der Waals surface area contributed by atoms with E-state index in [0.29, 0.717) is 17.6 Å². The van der Waals surface area contributed by atoms with Crippen LogP contribution in [0.4, 0.5) is 5.69 Å². The smallest absolute Gasteiger partial charge is 0.338 e. The summed E-state index contributed by atoms with van der Waals surface area (Å²) in [6.45, 7) is 1.45. The highest BCUT2D eigenvalue weighted by Gasteiger charge is 2.30. The maximum absolute atomic E-state index is 12.3. The number of anilines is 1. The summed E-state index contributed by atoms with van der Waals surface area (Å²) in [5.74, 6) is -1.39. The molecule has 1 aromatic heterocycles. The summed E-state index contributed by atoms with van der Waals surface area (Å²) in [5, 5.41) is 10.1. The molecule has 28 heavy (non-hydrogen) atoms. The molecule has 2 rings (SSSR count). The van der Waals surface area contributed by atoms with Crippen LogP contribution in [0.1, 0.15) is 19.8 Å². The molecular formula is C18H22N4O6. The van der Waals surface area contributed by atoms with E-state index >= 15 is 0 Å². The van der Waals surface area contributed by atoms with Gasteiger partial charge in [0.15, 0.2) is 5.96 Å². The number of methoxy groups -OCH3 is 1. The number of carbonyl (C=O) groups is 2. The SMILES string of the molecule is COc1ccc2c(N(C(C)=O)[C@@H](CCCN=C(N)N)C(=O)O)cc(=O)oc2c1. The molecule has 0 aliphatic heterocycles. The standard InChI is InChI=1S/C18H22N4O6/c1-10(23)22(13(17(25)26)4-3-7-21-18(19)20)14-9-16(24)28-15-8-11(27-2)5-6-12(14)15/h5-6,8-9,13H,3-4,7H2,1-2H3,(H,25,26)(H4,19,20,21)/t13-/m0/s1. The summed E-state index contributed by atoms with van der Waals surface area (Å²) in [4.78, 5) is 41.1. The molecular weight excluding hydrogens is 368 g/mol. The number of rotatable bonds is 8. The van der Waals surface area contributed by atoms with E-state index in [1.807, 2.05) is 0 Å². The van der Waals surface area contributed by atoms with Gasteiger partial charge in [0.05, 0.1) is 12.8 Å². The lowest BCUT2D eigenvalue weighted by atomic mass is 10.1. The largest absolute Gasteiger partial charge is 0.497 e. The van der Waals surface area contributed by atoms with Crippen LogP contribution in [0.3, 0.4) is 0 Å². The first-order valence-electron chi connectivity index (χ1n) is 8.44. The van der Waals surface area contributed by atoms with Crippen LogP contribution in [-0.2, 0) is 9.59 Å². The normalized spacial score (nSPS) is 11.6. The average molecular weight is 390 g/mol. The highest BCUT2D eigenvalue weighted by atomic mass is 16.5. The van der Waals surface area contributed by atoms with Crippen LogP contribution in [0.25, 0.3) is 11.0 Å². The summed E-state index contributed by atoms with van der Waals surface area (Å²) >= 11 is 0.